The number of aromatic hydroxyl groups is 1. The van der Waals surface area contributed by atoms with Crippen LogP contribution in [-0.2, 0) is 6.54 Å². The van der Waals surface area contributed by atoms with Crippen LogP contribution >= 0.6 is 0 Å². The number of nitrogens with zero attached hydrogens (tertiary/aromatic N) is 1. The first-order valence-electron chi connectivity index (χ1n) is 7.13. The summed E-state index contributed by atoms with van der Waals surface area (Å²) in [5, 5.41) is 10.4. The fraction of sp³-hybridized carbons (Fsp3) is 0.438. The number of benzene rings is 1. The molecule has 2 heterocycles. The molecule has 1 aliphatic rings. The fourth-order valence-corrected chi connectivity index (χ4v) is 2.96. The SMILES string of the molecule is C[C@H]1CCCCN1Cc1cc(=O)oc2cc(O)ccc12. The lowest BCUT2D eigenvalue weighted by Gasteiger charge is -2.33. The molecule has 1 aromatic carbocycles. The minimum Gasteiger partial charge on any atom is -0.508 e. The molecular weight excluding hydrogens is 254 g/mol. The molecule has 0 radical (unpaired) electrons. The lowest BCUT2D eigenvalue weighted by molar-refractivity contribution is 0.153. The van der Waals surface area contributed by atoms with Crippen LogP contribution in [0.25, 0.3) is 11.0 Å². The van der Waals surface area contributed by atoms with E-state index in [1.807, 2.05) is 6.07 Å². The zero-order valence-corrected chi connectivity index (χ0v) is 11.6. The van der Waals surface area contributed by atoms with E-state index in [2.05, 4.69) is 11.8 Å². The number of phenolic OH excluding ortho intramolecular Hbond substituents is 1. The molecular formula is C16H19NO3. The van der Waals surface area contributed by atoms with Gasteiger partial charge in [-0.3, -0.25) is 4.90 Å². The van der Waals surface area contributed by atoms with Gasteiger partial charge in [-0.15, -0.1) is 0 Å². The highest BCUT2D eigenvalue weighted by Crippen LogP contribution is 2.25. The van der Waals surface area contributed by atoms with E-state index in [1.54, 1.807) is 12.1 Å². The zero-order chi connectivity index (χ0) is 14.1. The van der Waals surface area contributed by atoms with Gasteiger partial charge in [0.2, 0.25) is 0 Å². The molecule has 4 nitrogen and oxygen atoms in total. The van der Waals surface area contributed by atoms with Gasteiger partial charge < -0.3 is 9.52 Å². The van der Waals surface area contributed by atoms with Crippen molar-refractivity contribution < 1.29 is 9.52 Å². The molecule has 1 aromatic heterocycles. The van der Waals surface area contributed by atoms with Crippen LogP contribution in [0.2, 0.25) is 0 Å². The molecule has 0 spiro atoms. The monoisotopic (exact) mass is 273 g/mol. The maximum Gasteiger partial charge on any atom is 0.336 e. The Balaban J connectivity index is 2.00. The third kappa shape index (κ3) is 2.56. The van der Waals surface area contributed by atoms with Crippen molar-refractivity contribution in [2.24, 2.45) is 0 Å². The van der Waals surface area contributed by atoms with Gasteiger partial charge in [-0.1, -0.05) is 6.42 Å². The van der Waals surface area contributed by atoms with Crippen molar-refractivity contribution >= 4 is 11.0 Å². The first-order valence-corrected chi connectivity index (χ1v) is 7.13. The number of phenols is 1. The first-order chi connectivity index (χ1) is 9.63. The van der Waals surface area contributed by atoms with Crippen molar-refractivity contribution in [2.75, 3.05) is 6.54 Å². The van der Waals surface area contributed by atoms with Crippen molar-refractivity contribution in [2.45, 2.75) is 38.8 Å². The number of piperidine rings is 1. The van der Waals surface area contributed by atoms with E-state index in [9.17, 15) is 9.90 Å². The maximum absolute atomic E-state index is 11.7. The van der Waals surface area contributed by atoms with E-state index < -0.39 is 0 Å². The van der Waals surface area contributed by atoms with Crippen LogP contribution in [-0.4, -0.2) is 22.6 Å². The Bertz CT molecular complexity index is 677. The van der Waals surface area contributed by atoms with Crippen LogP contribution in [0.5, 0.6) is 5.75 Å². The maximum atomic E-state index is 11.7. The Hall–Kier alpha value is -1.81. The van der Waals surface area contributed by atoms with E-state index in [4.69, 9.17) is 4.42 Å². The van der Waals surface area contributed by atoms with Crippen LogP contribution in [0.4, 0.5) is 0 Å². The Labute approximate surface area is 117 Å². The highest BCUT2D eigenvalue weighted by Gasteiger charge is 2.19. The summed E-state index contributed by atoms with van der Waals surface area (Å²) in [7, 11) is 0. The predicted molar refractivity (Wildman–Crippen MR) is 77.9 cm³/mol. The molecule has 0 saturated carbocycles. The topological polar surface area (TPSA) is 53.7 Å². The van der Waals surface area contributed by atoms with E-state index in [0.717, 1.165) is 24.0 Å². The van der Waals surface area contributed by atoms with Gasteiger partial charge in [0, 0.05) is 30.1 Å². The van der Waals surface area contributed by atoms with Crippen molar-refractivity contribution in [3.63, 3.8) is 0 Å². The minimum atomic E-state index is -0.359. The summed E-state index contributed by atoms with van der Waals surface area (Å²) in [5.74, 6) is 0.115. The zero-order valence-electron chi connectivity index (χ0n) is 11.6. The predicted octanol–water partition coefficient (Wildman–Crippen LogP) is 2.87. The molecule has 1 atom stereocenters. The minimum absolute atomic E-state index is 0.115. The fourth-order valence-electron chi connectivity index (χ4n) is 2.96. The molecule has 3 rings (SSSR count). The third-order valence-corrected chi connectivity index (χ3v) is 4.13. The van der Waals surface area contributed by atoms with E-state index in [0.29, 0.717) is 11.6 Å². The van der Waals surface area contributed by atoms with Gasteiger partial charge in [0.05, 0.1) is 0 Å². The molecule has 1 aliphatic heterocycles. The van der Waals surface area contributed by atoms with Gasteiger partial charge in [0.25, 0.3) is 0 Å². The summed E-state index contributed by atoms with van der Waals surface area (Å²) >= 11 is 0. The lowest BCUT2D eigenvalue weighted by atomic mass is 10.0. The lowest BCUT2D eigenvalue weighted by Crippen LogP contribution is -2.36. The number of hydrogen-bond donors (Lipinski definition) is 1. The molecule has 0 amide bonds. The van der Waals surface area contributed by atoms with Crippen LogP contribution in [0, 0.1) is 0 Å². The van der Waals surface area contributed by atoms with Gasteiger partial charge in [-0.25, -0.2) is 4.79 Å². The van der Waals surface area contributed by atoms with Gasteiger partial charge in [0.1, 0.15) is 11.3 Å². The van der Waals surface area contributed by atoms with Crippen molar-refractivity contribution in [1.29, 1.82) is 0 Å². The molecule has 20 heavy (non-hydrogen) atoms. The third-order valence-electron chi connectivity index (χ3n) is 4.13. The average molecular weight is 273 g/mol. The van der Waals surface area contributed by atoms with Crippen LogP contribution in [0.3, 0.4) is 0 Å². The molecule has 2 aromatic rings. The van der Waals surface area contributed by atoms with Crippen LogP contribution in [0.15, 0.2) is 33.5 Å². The van der Waals surface area contributed by atoms with Gasteiger partial charge in [0.15, 0.2) is 0 Å². The highest BCUT2D eigenvalue weighted by atomic mass is 16.4. The molecule has 4 heteroatoms. The number of fused-ring (bicyclic) bond motifs is 1. The Kier molecular flexibility index (Phi) is 3.49. The van der Waals surface area contributed by atoms with Crippen LogP contribution in [0.1, 0.15) is 31.7 Å². The van der Waals surface area contributed by atoms with E-state index >= 15 is 0 Å². The molecule has 106 valence electrons. The number of likely N-dealkylation sites (tertiary alicyclic amines) is 1. The second-order valence-corrected chi connectivity index (χ2v) is 5.59. The van der Waals surface area contributed by atoms with E-state index in [1.165, 1.54) is 25.3 Å². The molecule has 0 bridgehead atoms. The number of hydrogen-bond acceptors (Lipinski definition) is 4. The smallest absolute Gasteiger partial charge is 0.336 e. The number of rotatable bonds is 2. The second-order valence-electron chi connectivity index (χ2n) is 5.59. The van der Waals surface area contributed by atoms with Crippen molar-refractivity contribution in [1.82, 2.24) is 4.90 Å². The van der Waals surface area contributed by atoms with Gasteiger partial charge in [-0.05, 0) is 44.0 Å². The average Bonchev–Trinajstić information content (AvgIpc) is 2.40. The Morgan fingerprint density at radius 1 is 1.35 bits per heavy atom. The standard InChI is InChI=1S/C16H19NO3/c1-11-4-2-3-7-17(11)10-12-8-16(19)20-15-9-13(18)5-6-14(12)15/h5-6,8-9,11,18H,2-4,7,10H2,1H3/t11-/m0/s1. The Morgan fingerprint density at radius 3 is 3.00 bits per heavy atom. The summed E-state index contributed by atoms with van der Waals surface area (Å²) in [5.41, 5.74) is 1.07. The molecule has 1 saturated heterocycles. The Morgan fingerprint density at radius 2 is 2.20 bits per heavy atom. The quantitative estimate of drug-likeness (QED) is 0.855. The summed E-state index contributed by atoms with van der Waals surface area (Å²) in [6.07, 6.45) is 3.70. The molecule has 1 fully saturated rings. The summed E-state index contributed by atoms with van der Waals surface area (Å²) in [6, 6.07) is 7.06. The van der Waals surface area contributed by atoms with E-state index in [-0.39, 0.29) is 11.4 Å². The normalized spacial score (nSPS) is 20.4. The molecule has 1 N–H and O–H groups in total. The summed E-state index contributed by atoms with van der Waals surface area (Å²) < 4.78 is 5.17. The summed E-state index contributed by atoms with van der Waals surface area (Å²) in [4.78, 5) is 14.1. The van der Waals surface area contributed by atoms with Crippen LogP contribution < -0.4 is 5.63 Å². The first kappa shape index (κ1) is 13.2. The summed E-state index contributed by atoms with van der Waals surface area (Å²) in [6.45, 7) is 4.06. The van der Waals surface area contributed by atoms with Crippen molar-refractivity contribution in [3.05, 3.63) is 40.2 Å². The molecule has 0 aliphatic carbocycles. The largest absolute Gasteiger partial charge is 0.508 e. The highest BCUT2D eigenvalue weighted by molar-refractivity contribution is 5.81. The van der Waals surface area contributed by atoms with Gasteiger partial charge >= 0.3 is 5.63 Å². The molecule has 0 unspecified atom stereocenters. The van der Waals surface area contributed by atoms with Crippen molar-refractivity contribution in [3.8, 4) is 5.75 Å². The van der Waals surface area contributed by atoms with Gasteiger partial charge in [-0.2, -0.15) is 0 Å². The second kappa shape index (κ2) is 5.29.